The Labute approximate surface area is 165 Å². The zero-order valence-electron chi connectivity index (χ0n) is 14.6. The lowest BCUT2D eigenvalue weighted by molar-refractivity contribution is 0.1000. The number of anilines is 1. The topological polar surface area (TPSA) is 81.9 Å². The van der Waals surface area contributed by atoms with Crippen molar-refractivity contribution in [2.75, 3.05) is 18.5 Å². The Morgan fingerprint density at radius 3 is 3.04 bits per heavy atom. The number of nitrogens with zero attached hydrogens (tertiary/aromatic N) is 4. The second kappa shape index (κ2) is 8.64. The van der Waals surface area contributed by atoms with Gasteiger partial charge in [-0.2, -0.15) is 16.4 Å². The van der Waals surface area contributed by atoms with Gasteiger partial charge < -0.3 is 10.1 Å². The molecule has 27 heavy (non-hydrogen) atoms. The Kier molecular flexibility index (Phi) is 5.81. The number of carbonyl (C=O) groups is 1. The molecule has 3 aromatic rings. The number of nitrogens with one attached hydrogen (secondary N) is 1. The van der Waals surface area contributed by atoms with Gasteiger partial charge in [0.25, 0.3) is 5.91 Å². The van der Waals surface area contributed by atoms with Crippen molar-refractivity contribution < 1.29 is 9.53 Å². The minimum Gasteiger partial charge on any atom is -0.381 e. The van der Waals surface area contributed by atoms with E-state index in [0.717, 1.165) is 37.5 Å². The molecule has 0 saturated carbocycles. The third-order valence-electron chi connectivity index (χ3n) is 4.29. The summed E-state index contributed by atoms with van der Waals surface area (Å²) in [5.74, 6) is 0.772. The number of aromatic nitrogens is 4. The van der Waals surface area contributed by atoms with Crippen molar-refractivity contribution in [2.24, 2.45) is 0 Å². The van der Waals surface area contributed by atoms with E-state index in [0.29, 0.717) is 15.8 Å². The van der Waals surface area contributed by atoms with Gasteiger partial charge in [-0.1, -0.05) is 12.1 Å². The van der Waals surface area contributed by atoms with E-state index in [4.69, 9.17) is 4.74 Å². The van der Waals surface area contributed by atoms with Crippen LogP contribution in [0.25, 0.3) is 5.69 Å². The first kappa shape index (κ1) is 18.1. The number of carbonyl (C=O) groups excluding carboxylic acids is 1. The van der Waals surface area contributed by atoms with E-state index in [-0.39, 0.29) is 5.91 Å². The number of amides is 1. The van der Waals surface area contributed by atoms with Gasteiger partial charge in [-0.15, -0.1) is 16.4 Å². The summed E-state index contributed by atoms with van der Waals surface area (Å²) >= 11 is 3.32. The number of ether oxygens (including phenoxy) is 1. The number of hydrogen-bond acceptors (Lipinski definition) is 7. The van der Waals surface area contributed by atoms with Gasteiger partial charge in [0.15, 0.2) is 0 Å². The maximum Gasteiger partial charge on any atom is 0.267 e. The second-order valence-electron chi connectivity index (χ2n) is 6.17. The Bertz CT molecular complexity index is 891. The van der Waals surface area contributed by atoms with E-state index in [1.807, 2.05) is 41.4 Å². The molecular formula is C18H19N5O2S2. The fourth-order valence-electron chi connectivity index (χ4n) is 2.91. The largest absolute Gasteiger partial charge is 0.381 e. The molecule has 3 heterocycles. The average Bonchev–Trinajstić information content (AvgIpc) is 3.39. The van der Waals surface area contributed by atoms with Crippen molar-refractivity contribution in [2.45, 2.75) is 23.8 Å². The SMILES string of the molecule is O=C(Nc1cccc(CSC2CCOCC2)c1)c1sccc1-n1cnnn1. The standard InChI is InChI=1S/C18H19N5O2S2/c24-18(17-16(6-9-26-17)23-12-19-21-22-23)20-14-3-1-2-13(10-14)11-27-15-4-7-25-8-5-15/h1-3,6,9-10,12,15H,4-5,7-8,11H2,(H,20,24). The van der Waals surface area contributed by atoms with Gasteiger partial charge in [0, 0.05) is 29.9 Å². The van der Waals surface area contributed by atoms with Crippen LogP contribution in [0.4, 0.5) is 5.69 Å². The van der Waals surface area contributed by atoms with Crippen molar-refractivity contribution in [3.05, 3.63) is 52.5 Å². The van der Waals surface area contributed by atoms with E-state index in [9.17, 15) is 4.79 Å². The third kappa shape index (κ3) is 4.55. The molecule has 140 valence electrons. The van der Waals surface area contributed by atoms with Gasteiger partial charge in [0.2, 0.25) is 0 Å². The van der Waals surface area contributed by atoms with E-state index >= 15 is 0 Å². The van der Waals surface area contributed by atoms with Crippen molar-refractivity contribution in [3.63, 3.8) is 0 Å². The molecule has 1 saturated heterocycles. The molecule has 0 aliphatic carbocycles. The Morgan fingerprint density at radius 1 is 1.33 bits per heavy atom. The Morgan fingerprint density at radius 2 is 2.22 bits per heavy atom. The number of thiophene rings is 1. The first-order valence-electron chi connectivity index (χ1n) is 8.70. The summed E-state index contributed by atoms with van der Waals surface area (Å²) in [7, 11) is 0. The van der Waals surface area contributed by atoms with Crippen molar-refractivity contribution in [3.8, 4) is 5.69 Å². The number of thioether (sulfide) groups is 1. The molecular weight excluding hydrogens is 382 g/mol. The second-order valence-corrected chi connectivity index (χ2v) is 8.37. The number of benzene rings is 1. The normalized spacial score (nSPS) is 15.0. The van der Waals surface area contributed by atoms with E-state index in [2.05, 4.69) is 26.9 Å². The molecule has 4 rings (SSSR count). The molecule has 1 fully saturated rings. The fourth-order valence-corrected chi connectivity index (χ4v) is 4.81. The highest BCUT2D eigenvalue weighted by atomic mass is 32.2. The summed E-state index contributed by atoms with van der Waals surface area (Å²) in [6.07, 6.45) is 3.70. The van der Waals surface area contributed by atoms with Crippen molar-refractivity contribution in [1.82, 2.24) is 20.2 Å². The van der Waals surface area contributed by atoms with Gasteiger partial charge >= 0.3 is 0 Å². The van der Waals surface area contributed by atoms with Gasteiger partial charge in [0.05, 0.1) is 5.69 Å². The lowest BCUT2D eigenvalue weighted by Crippen LogP contribution is -2.17. The van der Waals surface area contributed by atoms with Crippen LogP contribution in [0.2, 0.25) is 0 Å². The van der Waals surface area contributed by atoms with Crippen molar-refractivity contribution in [1.29, 1.82) is 0 Å². The zero-order valence-corrected chi connectivity index (χ0v) is 16.2. The van der Waals surface area contributed by atoms with Crippen LogP contribution in [-0.2, 0) is 10.5 Å². The summed E-state index contributed by atoms with van der Waals surface area (Å²) < 4.78 is 6.90. The van der Waals surface area contributed by atoms with Crippen LogP contribution in [0.5, 0.6) is 0 Å². The molecule has 2 aromatic heterocycles. The maximum absolute atomic E-state index is 12.7. The highest BCUT2D eigenvalue weighted by Crippen LogP contribution is 2.27. The lowest BCUT2D eigenvalue weighted by Gasteiger charge is -2.21. The van der Waals surface area contributed by atoms with Crippen LogP contribution in [0.3, 0.4) is 0 Å². The summed E-state index contributed by atoms with van der Waals surface area (Å²) in [6, 6.07) is 9.85. The number of tetrazole rings is 1. The lowest BCUT2D eigenvalue weighted by atomic mass is 10.2. The summed E-state index contributed by atoms with van der Waals surface area (Å²) in [5.41, 5.74) is 2.67. The van der Waals surface area contributed by atoms with Gasteiger partial charge in [-0.3, -0.25) is 4.79 Å². The molecule has 0 unspecified atom stereocenters. The quantitative estimate of drug-likeness (QED) is 0.682. The predicted octanol–water partition coefficient (Wildman–Crippen LogP) is 3.39. The van der Waals surface area contributed by atoms with Crippen LogP contribution < -0.4 is 5.32 Å². The molecule has 7 nitrogen and oxygen atoms in total. The summed E-state index contributed by atoms with van der Waals surface area (Å²) in [5, 5.41) is 16.6. The van der Waals surface area contributed by atoms with Crippen LogP contribution in [0.15, 0.2) is 42.0 Å². The third-order valence-corrected chi connectivity index (χ3v) is 6.63. The number of rotatable bonds is 6. The molecule has 1 aliphatic heterocycles. The Hall–Kier alpha value is -2.23. The zero-order chi connectivity index (χ0) is 18.5. The van der Waals surface area contributed by atoms with E-state index < -0.39 is 0 Å². The van der Waals surface area contributed by atoms with Gasteiger partial charge in [-0.05, 0) is 52.4 Å². The predicted molar refractivity (Wildman–Crippen MR) is 107 cm³/mol. The maximum atomic E-state index is 12.7. The fraction of sp³-hybridized carbons (Fsp3) is 0.333. The van der Waals surface area contributed by atoms with E-state index in [1.165, 1.54) is 27.9 Å². The van der Waals surface area contributed by atoms with Crippen LogP contribution in [0.1, 0.15) is 28.1 Å². The molecule has 1 N–H and O–H groups in total. The smallest absolute Gasteiger partial charge is 0.267 e. The molecule has 1 aliphatic rings. The molecule has 1 aromatic carbocycles. The van der Waals surface area contributed by atoms with Crippen LogP contribution in [-0.4, -0.2) is 44.6 Å². The highest BCUT2D eigenvalue weighted by Gasteiger charge is 2.17. The molecule has 9 heteroatoms. The highest BCUT2D eigenvalue weighted by molar-refractivity contribution is 7.99. The van der Waals surface area contributed by atoms with Crippen LogP contribution in [0, 0.1) is 0 Å². The minimum atomic E-state index is -0.162. The summed E-state index contributed by atoms with van der Waals surface area (Å²) in [4.78, 5) is 13.3. The molecule has 0 radical (unpaired) electrons. The van der Waals surface area contributed by atoms with Gasteiger partial charge in [-0.25, -0.2) is 0 Å². The monoisotopic (exact) mass is 401 g/mol. The average molecular weight is 402 g/mol. The molecule has 0 spiro atoms. The molecule has 1 amide bonds. The van der Waals surface area contributed by atoms with Gasteiger partial charge in [0.1, 0.15) is 11.2 Å². The molecule has 0 atom stereocenters. The van der Waals surface area contributed by atoms with Crippen molar-refractivity contribution >= 4 is 34.7 Å². The molecule has 0 bridgehead atoms. The number of hydrogen-bond donors (Lipinski definition) is 1. The van der Waals surface area contributed by atoms with Crippen LogP contribution >= 0.6 is 23.1 Å². The first-order chi connectivity index (χ1) is 13.3. The summed E-state index contributed by atoms with van der Waals surface area (Å²) in [6.45, 7) is 1.72. The minimum absolute atomic E-state index is 0.162. The Balaban J connectivity index is 1.41. The van der Waals surface area contributed by atoms with E-state index in [1.54, 1.807) is 0 Å². The first-order valence-corrected chi connectivity index (χ1v) is 10.6.